The van der Waals surface area contributed by atoms with E-state index < -0.39 is 119 Å². The Balaban J connectivity index is 1.14. The third-order valence-corrected chi connectivity index (χ3v) is 12.1. The summed E-state index contributed by atoms with van der Waals surface area (Å²) in [6.45, 7) is 4.40. The van der Waals surface area contributed by atoms with Crippen LogP contribution in [0.1, 0.15) is 106 Å². The Morgan fingerprint density at radius 1 is 1.03 bits per heavy atom. The van der Waals surface area contributed by atoms with Gasteiger partial charge < -0.3 is 50.2 Å². The first kappa shape index (κ1) is 41.4. The van der Waals surface area contributed by atoms with E-state index in [1.54, 1.807) is 13.8 Å². The number of pyridine rings is 1. The quantitative estimate of drug-likeness (QED) is 0.125. The minimum absolute atomic E-state index is 0.0220. The summed E-state index contributed by atoms with van der Waals surface area (Å²) in [4.78, 5) is 86.4. The predicted octanol–water partition coefficient (Wildman–Crippen LogP) is 1.64. The average molecular weight is 815 g/mol. The normalized spacial score (nSPS) is 26.6. The number of hydrogen-bond acceptors (Lipinski definition) is 14. The van der Waals surface area contributed by atoms with Crippen molar-refractivity contribution in [1.82, 2.24) is 20.5 Å². The molecule has 3 aromatic rings. The molecule has 0 radical (unpaired) electrons. The number of aliphatic hydroxyl groups excluding tert-OH is 1. The fourth-order valence-electron chi connectivity index (χ4n) is 8.70. The van der Waals surface area contributed by atoms with Crippen LogP contribution in [0.25, 0.3) is 0 Å². The molecule has 0 saturated carbocycles. The first-order valence-electron chi connectivity index (χ1n) is 19.5. The van der Waals surface area contributed by atoms with Gasteiger partial charge in [0.15, 0.2) is 17.9 Å². The van der Waals surface area contributed by atoms with Gasteiger partial charge >= 0.3 is 0 Å². The number of carbonyl (C=O) groups is 6. The number of aliphatic hydroxyl groups is 2. The lowest BCUT2D eigenvalue weighted by molar-refractivity contribution is -0.238. The van der Waals surface area contributed by atoms with Gasteiger partial charge in [0.25, 0.3) is 5.91 Å². The maximum atomic E-state index is 14.0. The number of Topliss-reactive ketones (excluding diaryl/α,β-unsaturated/α-hetero) is 1. The van der Waals surface area contributed by atoms with E-state index >= 15 is 0 Å². The number of methoxy groups -OCH3 is 1. The Hall–Kier alpha value is -5.75. The van der Waals surface area contributed by atoms with Crippen molar-refractivity contribution >= 4 is 35.1 Å². The van der Waals surface area contributed by atoms with Crippen LogP contribution in [0.15, 0.2) is 42.7 Å². The average Bonchev–Trinajstić information content (AvgIpc) is 3.72. The number of nitrogens with one attached hydrogen (secondary N) is 2. The molecule has 1 aromatic heterocycles. The molecule has 2 saturated heterocycles. The van der Waals surface area contributed by atoms with Gasteiger partial charge in [0.1, 0.15) is 41.5 Å². The number of likely N-dealkylation sites (tertiary alicyclic amines) is 1. The number of ether oxygens (including phenoxy) is 3. The van der Waals surface area contributed by atoms with Crippen LogP contribution in [0.3, 0.4) is 0 Å². The molecular weight excluding hydrogens is 768 g/mol. The lowest BCUT2D eigenvalue weighted by Crippen LogP contribution is -2.57. The topological polar surface area (TPSA) is 251 Å². The highest BCUT2D eigenvalue weighted by molar-refractivity contribution is 6.31. The molecule has 2 aliphatic carbocycles. The van der Waals surface area contributed by atoms with Crippen LogP contribution in [0, 0.1) is 5.92 Å². The summed E-state index contributed by atoms with van der Waals surface area (Å²) in [5.41, 5.74) is -3.61. The Morgan fingerprint density at radius 2 is 1.75 bits per heavy atom. The maximum absolute atomic E-state index is 14.0. The van der Waals surface area contributed by atoms with E-state index in [0.29, 0.717) is 24.9 Å². The molecule has 4 aliphatic rings. The van der Waals surface area contributed by atoms with Gasteiger partial charge in [-0.2, -0.15) is 0 Å². The number of benzene rings is 2. The molecule has 2 aliphatic heterocycles. The minimum atomic E-state index is -2.33. The van der Waals surface area contributed by atoms with Gasteiger partial charge in [-0.15, -0.1) is 0 Å². The van der Waals surface area contributed by atoms with Gasteiger partial charge in [-0.1, -0.05) is 19.1 Å². The van der Waals surface area contributed by atoms with E-state index in [4.69, 9.17) is 14.2 Å². The molecule has 312 valence electrons. The Labute approximate surface area is 338 Å². The second-order valence-electron chi connectivity index (χ2n) is 15.6. The van der Waals surface area contributed by atoms with Crippen LogP contribution in [0.2, 0.25) is 0 Å². The summed E-state index contributed by atoms with van der Waals surface area (Å²) in [6, 6.07) is 5.04. The number of aromatic hydroxyl groups is 2. The zero-order valence-corrected chi connectivity index (χ0v) is 32.9. The summed E-state index contributed by atoms with van der Waals surface area (Å²) >= 11 is 0. The third-order valence-electron chi connectivity index (χ3n) is 12.1. The second kappa shape index (κ2) is 16.1. The first-order valence-corrected chi connectivity index (χ1v) is 19.5. The van der Waals surface area contributed by atoms with Crippen molar-refractivity contribution < 1.29 is 63.4 Å². The molecule has 7 rings (SSSR count). The van der Waals surface area contributed by atoms with Crippen molar-refractivity contribution in [2.24, 2.45) is 5.92 Å². The van der Waals surface area contributed by atoms with Gasteiger partial charge in [-0.05, 0) is 44.9 Å². The lowest BCUT2D eigenvalue weighted by Gasteiger charge is -2.43. The highest BCUT2D eigenvalue weighted by atomic mass is 16.7. The van der Waals surface area contributed by atoms with Crippen LogP contribution in [0.5, 0.6) is 17.2 Å². The minimum Gasteiger partial charge on any atom is -0.507 e. The SMILES string of the molecule is COc1cccc2c1C(=O)c1c(O)c3c(c(O)c1C2=O)C[C@@](O)(C(=O)CO)C[C@@H]3O[C@H]1C[C@H](NC(=O)[C@@H]2CCCN2C(=O)[C@@H](C)NC(=O)c2ccncc2)[C@H](C)[C@H](C)O1. The Kier molecular flexibility index (Phi) is 11.3. The molecular formula is C42H46N4O13. The van der Waals surface area contributed by atoms with Crippen LogP contribution < -0.4 is 15.4 Å². The van der Waals surface area contributed by atoms with Crippen LogP contribution in [0.4, 0.5) is 0 Å². The van der Waals surface area contributed by atoms with Crippen molar-refractivity contribution in [3.63, 3.8) is 0 Å². The molecule has 17 nitrogen and oxygen atoms in total. The Bertz CT molecular complexity index is 2230. The Morgan fingerprint density at radius 3 is 2.44 bits per heavy atom. The number of nitrogens with zero attached hydrogens (tertiary/aromatic N) is 2. The van der Waals surface area contributed by atoms with Crippen molar-refractivity contribution in [2.75, 3.05) is 20.3 Å². The number of rotatable bonds is 10. The summed E-state index contributed by atoms with van der Waals surface area (Å²) in [6.07, 6.45) is -0.406. The molecule has 0 bridgehead atoms. The number of fused-ring (bicyclic) bond motifs is 3. The van der Waals surface area contributed by atoms with E-state index in [-0.39, 0.29) is 40.3 Å². The third kappa shape index (κ3) is 7.32. The zero-order valence-electron chi connectivity index (χ0n) is 32.9. The van der Waals surface area contributed by atoms with Gasteiger partial charge in [-0.25, -0.2) is 0 Å². The van der Waals surface area contributed by atoms with Crippen LogP contribution >= 0.6 is 0 Å². The number of aromatic nitrogens is 1. The van der Waals surface area contributed by atoms with Gasteiger partial charge in [0.05, 0.1) is 36.0 Å². The summed E-state index contributed by atoms with van der Waals surface area (Å²) in [5.74, 6) is -5.58. The summed E-state index contributed by atoms with van der Waals surface area (Å²) in [5, 5.41) is 50.7. The number of ketones is 3. The van der Waals surface area contributed by atoms with Crippen molar-refractivity contribution in [2.45, 2.75) is 95.1 Å². The van der Waals surface area contributed by atoms with Gasteiger partial charge in [0, 0.05) is 72.4 Å². The van der Waals surface area contributed by atoms with Crippen molar-refractivity contribution in [3.8, 4) is 17.2 Å². The summed E-state index contributed by atoms with van der Waals surface area (Å²) < 4.78 is 17.9. The fraction of sp³-hybridized carbons (Fsp3) is 0.452. The molecule has 2 aromatic carbocycles. The second-order valence-corrected chi connectivity index (χ2v) is 15.6. The molecule has 0 spiro atoms. The van der Waals surface area contributed by atoms with E-state index in [0.717, 1.165) is 0 Å². The number of phenolic OH excluding ortho intramolecular Hbond substituents is 2. The first-order chi connectivity index (χ1) is 28.1. The maximum Gasteiger partial charge on any atom is 0.252 e. The molecule has 2 fully saturated rings. The number of carbonyl (C=O) groups excluding carboxylic acids is 6. The summed E-state index contributed by atoms with van der Waals surface area (Å²) in [7, 11) is 1.31. The van der Waals surface area contributed by atoms with Crippen LogP contribution in [-0.4, -0.2) is 122 Å². The zero-order chi connectivity index (χ0) is 42.5. The molecule has 17 heteroatoms. The standard InChI is InChI=1S/C42H46N4O13/c1-19-21(3)58-30(15-25(19)45-40(54)26-8-6-14-46(26)41(55)20(2)44-39(53)22-10-12-43-13-11-22)59-28-17-42(56,29(48)18-47)16-24-32(28)38(52)34-33(36(24)50)35(49)23-7-5-9-27(57-4)31(23)37(34)51/h5,7,9-13,19-21,25-26,28,30,47,50,52,56H,6,8,14-18H2,1-4H3,(H,44,53)(H,45,54)/t19-,20-,21+,25+,26+,28+,30+,42+/m1/s1. The molecule has 6 N–H and O–H groups in total. The van der Waals surface area contributed by atoms with Crippen LogP contribution in [-0.2, 0) is 30.3 Å². The largest absolute Gasteiger partial charge is 0.507 e. The smallest absolute Gasteiger partial charge is 0.252 e. The number of hydrogen-bond donors (Lipinski definition) is 6. The van der Waals surface area contributed by atoms with Gasteiger partial charge in [0.2, 0.25) is 17.6 Å². The van der Waals surface area contributed by atoms with E-state index in [9.17, 15) is 49.2 Å². The molecule has 0 unspecified atom stereocenters. The molecule has 3 amide bonds. The van der Waals surface area contributed by atoms with E-state index in [1.807, 2.05) is 6.92 Å². The highest BCUT2D eigenvalue weighted by Crippen LogP contribution is 2.52. The monoisotopic (exact) mass is 814 g/mol. The number of amides is 3. The highest BCUT2D eigenvalue weighted by Gasteiger charge is 2.50. The van der Waals surface area contributed by atoms with E-state index in [2.05, 4.69) is 15.6 Å². The number of phenols is 2. The molecule has 3 heterocycles. The van der Waals surface area contributed by atoms with Crippen molar-refractivity contribution in [1.29, 1.82) is 0 Å². The van der Waals surface area contributed by atoms with E-state index in [1.165, 1.54) is 54.7 Å². The fourth-order valence-corrected chi connectivity index (χ4v) is 8.70. The lowest BCUT2D eigenvalue weighted by atomic mass is 9.72. The van der Waals surface area contributed by atoms with Crippen molar-refractivity contribution in [3.05, 3.63) is 81.7 Å². The molecule has 59 heavy (non-hydrogen) atoms. The molecule has 8 atom stereocenters. The predicted molar refractivity (Wildman–Crippen MR) is 205 cm³/mol. The van der Waals surface area contributed by atoms with Gasteiger partial charge in [-0.3, -0.25) is 33.8 Å².